The number of rotatable bonds is 5. The molecule has 3 aromatic rings. The van der Waals surface area contributed by atoms with Gasteiger partial charge in [-0.05, 0) is 73.5 Å². The van der Waals surface area contributed by atoms with E-state index in [9.17, 15) is 4.79 Å². The molecule has 0 aliphatic carbocycles. The predicted molar refractivity (Wildman–Crippen MR) is 131 cm³/mol. The lowest BCUT2D eigenvalue weighted by Gasteiger charge is -2.16. The van der Waals surface area contributed by atoms with Gasteiger partial charge in [0.1, 0.15) is 11.5 Å². The van der Waals surface area contributed by atoms with E-state index in [0.717, 1.165) is 47.8 Å². The number of carbonyl (C=O) groups is 1. The number of amides is 1. The molecule has 0 aromatic heterocycles. The number of benzene rings is 3. The van der Waals surface area contributed by atoms with E-state index < -0.39 is 0 Å². The standard InChI is InChI=1S/C28H25ClN2O2/c29-26-18-22(7-6-16-30-14-4-5-15-30)17-23-20-31(28(32)27(23)26)19-21-10-12-25(13-11-21)33-24-8-2-1-3-9-24/h1-3,8-13,17-18H,4-5,14-16,19-20H2. The molecule has 5 heteroatoms. The third-order valence-electron chi connectivity index (χ3n) is 6.04. The summed E-state index contributed by atoms with van der Waals surface area (Å²) in [5.74, 6) is 8.01. The number of hydrogen-bond donors (Lipinski definition) is 0. The third kappa shape index (κ3) is 5.06. The Balaban J connectivity index is 1.24. The second-order valence-electron chi connectivity index (χ2n) is 8.50. The van der Waals surface area contributed by atoms with E-state index in [1.165, 1.54) is 12.8 Å². The number of carbonyl (C=O) groups excluding carboxylic acids is 1. The minimum atomic E-state index is -0.0313. The van der Waals surface area contributed by atoms with Crippen LogP contribution in [0.3, 0.4) is 0 Å². The quantitative estimate of drug-likeness (QED) is 0.459. The number of hydrogen-bond acceptors (Lipinski definition) is 3. The van der Waals surface area contributed by atoms with Gasteiger partial charge in [0.05, 0.1) is 17.1 Å². The topological polar surface area (TPSA) is 32.8 Å². The molecule has 166 valence electrons. The summed E-state index contributed by atoms with van der Waals surface area (Å²) < 4.78 is 5.85. The Kier molecular flexibility index (Phi) is 6.35. The van der Waals surface area contributed by atoms with Crippen LogP contribution in [0.2, 0.25) is 5.02 Å². The summed E-state index contributed by atoms with van der Waals surface area (Å²) in [4.78, 5) is 17.2. The lowest BCUT2D eigenvalue weighted by Crippen LogP contribution is -2.23. The first kappa shape index (κ1) is 21.6. The average Bonchev–Trinajstić information content (AvgIpc) is 3.44. The van der Waals surface area contributed by atoms with Gasteiger partial charge in [0, 0.05) is 18.7 Å². The summed E-state index contributed by atoms with van der Waals surface area (Å²) in [6.07, 6.45) is 2.51. The zero-order valence-corrected chi connectivity index (χ0v) is 19.1. The van der Waals surface area contributed by atoms with Gasteiger partial charge in [-0.2, -0.15) is 0 Å². The van der Waals surface area contributed by atoms with Crippen molar-refractivity contribution in [1.29, 1.82) is 0 Å². The van der Waals surface area contributed by atoms with Crippen LogP contribution in [0.25, 0.3) is 0 Å². The fraction of sp³-hybridized carbons (Fsp3) is 0.250. The van der Waals surface area contributed by atoms with Crippen molar-refractivity contribution in [2.24, 2.45) is 0 Å². The number of ether oxygens (including phenoxy) is 1. The minimum Gasteiger partial charge on any atom is -0.457 e. The van der Waals surface area contributed by atoms with E-state index >= 15 is 0 Å². The molecule has 0 unspecified atom stereocenters. The summed E-state index contributed by atoms with van der Waals surface area (Å²) >= 11 is 6.50. The van der Waals surface area contributed by atoms with Crippen molar-refractivity contribution in [2.45, 2.75) is 25.9 Å². The molecule has 0 radical (unpaired) electrons. The number of para-hydroxylation sites is 1. The molecular weight excluding hydrogens is 432 g/mol. The van der Waals surface area contributed by atoms with Crippen LogP contribution < -0.4 is 4.74 Å². The molecule has 4 nitrogen and oxygen atoms in total. The van der Waals surface area contributed by atoms with Crippen LogP contribution in [0.1, 0.15) is 39.9 Å². The van der Waals surface area contributed by atoms with Crippen molar-refractivity contribution in [2.75, 3.05) is 19.6 Å². The minimum absolute atomic E-state index is 0.0313. The van der Waals surface area contributed by atoms with Crippen LogP contribution in [0.4, 0.5) is 0 Å². The molecule has 0 spiro atoms. The number of nitrogens with zero attached hydrogens (tertiary/aromatic N) is 2. The van der Waals surface area contributed by atoms with E-state index in [2.05, 4.69) is 16.7 Å². The molecule has 2 heterocycles. The molecule has 1 amide bonds. The first-order valence-electron chi connectivity index (χ1n) is 11.3. The second kappa shape index (κ2) is 9.70. The Hall–Kier alpha value is -3.26. The van der Waals surface area contributed by atoms with Crippen LogP contribution in [0.5, 0.6) is 11.5 Å². The highest BCUT2D eigenvalue weighted by Gasteiger charge is 2.30. The third-order valence-corrected chi connectivity index (χ3v) is 6.34. The highest BCUT2D eigenvalue weighted by molar-refractivity contribution is 6.34. The van der Waals surface area contributed by atoms with E-state index in [1.807, 2.05) is 71.6 Å². The van der Waals surface area contributed by atoms with E-state index in [4.69, 9.17) is 16.3 Å². The van der Waals surface area contributed by atoms with Crippen molar-refractivity contribution in [3.63, 3.8) is 0 Å². The van der Waals surface area contributed by atoms with Crippen LogP contribution in [0, 0.1) is 11.8 Å². The smallest absolute Gasteiger partial charge is 0.256 e. The Morgan fingerprint density at radius 3 is 2.42 bits per heavy atom. The number of fused-ring (bicyclic) bond motifs is 1. The molecule has 2 aliphatic rings. The molecule has 1 saturated heterocycles. The fourth-order valence-electron chi connectivity index (χ4n) is 4.37. The van der Waals surface area contributed by atoms with Crippen LogP contribution in [-0.4, -0.2) is 35.3 Å². The maximum atomic E-state index is 13.0. The van der Waals surface area contributed by atoms with Gasteiger partial charge in [0.25, 0.3) is 5.91 Å². The Morgan fingerprint density at radius 1 is 0.939 bits per heavy atom. The number of likely N-dealkylation sites (tertiary alicyclic amines) is 1. The molecule has 5 rings (SSSR count). The van der Waals surface area contributed by atoms with Crippen molar-refractivity contribution < 1.29 is 9.53 Å². The first-order chi connectivity index (χ1) is 16.2. The first-order valence-corrected chi connectivity index (χ1v) is 11.7. The van der Waals surface area contributed by atoms with E-state index in [-0.39, 0.29) is 5.91 Å². The van der Waals surface area contributed by atoms with Gasteiger partial charge in [-0.3, -0.25) is 9.69 Å². The SMILES string of the molecule is O=C1c2c(Cl)cc(C#CCN3CCCC3)cc2CN1Cc1ccc(Oc2ccccc2)cc1. The Labute approximate surface area is 199 Å². The summed E-state index contributed by atoms with van der Waals surface area (Å²) in [5, 5.41) is 0.483. The van der Waals surface area contributed by atoms with Gasteiger partial charge in [-0.25, -0.2) is 0 Å². The van der Waals surface area contributed by atoms with Gasteiger partial charge in [-0.15, -0.1) is 0 Å². The highest BCUT2D eigenvalue weighted by atomic mass is 35.5. The van der Waals surface area contributed by atoms with E-state index in [0.29, 0.717) is 23.7 Å². The van der Waals surface area contributed by atoms with Gasteiger partial charge in [0.15, 0.2) is 0 Å². The highest BCUT2D eigenvalue weighted by Crippen LogP contribution is 2.32. The number of halogens is 1. The predicted octanol–water partition coefficient (Wildman–Crippen LogP) is 5.74. The van der Waals surface area contributed by atoms with Crippen molar-refractivity contribution in [1.82, 2.24) is 9.80 Å². The van der Waals surface area contributed by atoms with Crippen LogP contribution in [-0.2, 0) is 13.1 Å². The van der Waals surface area contributed by atoms with Gasteiger partial charge in [0.2, 0.25) is 0 Å². The van der Waals surface area contributed by atoms with E-state index in [1.54, 1.807) is 0 Å². The molecular formula is C28H25ClN2O2. The largest absolute Gasteiger partial charge is 0.457 e. The van der Waals surface area contributed by atoms with Crippen molar-refractivity contribution in [3.8, 4) is 23.3 Å². The van der Waals surface area contributed by atoms with Crippen molar-refractivity contribution >= 4 is 17.5 Å². The molecule has 0 atom stereocenters. The molecule has 0 bridgehead atoms. The molecule has 3 aromatic carbocycles. The molecule has 1 fully saturated rings. The fourth-order valence-corrected chi connectivity index (χ4v) is 4.69. The Bertz CT molecular complexity index is 1210. The summed E-state index contributed by atoms with van der Waals surface area (Å²) in [5.41, 5.74) is 3.46. The molecule has 2 aliphatic heterocycles. The maximum Gasteiger partial charge on any atom is 0.256 e. The zero-order chi connectivity index (χ0) is 22.6. The second-order valence-corrected chi connectivity index (χ2v) is 8.90. The molecule has 0 N–H and O–H groups in total. The van der Waals surface area contributed by atoms with Gasteiger partial charge < -0.3 is 9.64 Å². The maximum absolute atomic E-state index is 13.0. The normalized spacial score (nSPS) is 15.3. The zero-order valence-electron chi connectivity index (χ0n) is 18.4. The summed E-state index contributed by atoms with van der Waals surface area (Å²) in [7, 11) is 0. The summed E-state index contributed by atoms with van der Waals surface area (Å²) in [6.45, 7) is 4.10. The Morgan fingerprint density at radius 2 is 1.67 bits per heavy atom. The average molecular weight is 457 g/mol. The lowest BCUT2D eigenvalue weighted by atomic mass is 10.1. The van der Waals surface area contributed by atoms with Crippen molar-refractivity contribution in [3.05, 3.63) is 94.0 Å². The van der Waals surface area contributed by atoms with Gasteiger partial charge in [-0.1, -0.05) is 53.8 Å². The summed E-state index contributed by atoms with van der Waals surface area (Å²) in [6, 6.07) is 21.3. The van der Waals surface area contributed by atoms with Gasteiger partial charge >= 0.3 is 0 Å². The van der Waals surface area contributed by atoms with Crippen LogP contribution >= 0.6 is 11.6 Å². The lowest BCUT2D eigenvalue weighted by molar-refractivity contribution is 0.0767. The molecule has 33 heavy (non-hydrogen) atoms. The monoisotopic (exact) mass is 456 g/mol. The molecule has 0 saturated carbocycles. The van der Waals surface area contributed by atoms with Crippen LogP contribution in [0.15, 0.2) is 66.7 Å².